The van der Waals surface area contributed by atoms with Crippen molar-refractivity contribution in [1.29, 1.82) is 0 Å². The summed E-state index contributed by atoms with van der Waals surface area (Å²) < 4.78 is 7.57. The van der Waals surface area contributed by atoms with E-state index in [9.17, 15) is 0 Å². The Hall–Kier alpha value is -2.27. The van der Waals surface area contributed by atoms with Crippen molar-refractivity contribution in [2.24, 2.45) is 10.1 Å². The summed E-state index contributed by atoms with van der Waals surface area (Å²) in [6, 6.07) is 20.9. The van der Waals surface area contributed by atoms with Gasteiger partial charge >= 0.3 is 6.02 Å². The van der Waals surface area contributed by atoms with E-state index in [1.807, 2.05) is 48.5 Å². The lowest BCUT2D eigenvalue weighted by molar-refractivity contribution is 0.506. The normalized spacial score (nSPS) is 20.4. The fourth-order valence-electron chi connectivity index (χ4n) is 2.29. The zero-order valence-electron chi connectivity index (χ0n) is 11.2. The Labute approximate surface area is 127 Å². The number of amidine groups is 1. The van der Waals surface area contributed by atoms with E-state index in [4.69, 9.17) is 4.74 Å². The number of aliphatic imine (C=N–C) groups is 1. The van der Waals surface area contributed by atoms with Gasteiger partial charge in [-0.3, -0.25) is 0 Å². The van der Waals surface area contributed by atoms with Gasteiger partial charge in [0.1, 0.15) is 0 Å². The minimum Gasteiger partial charge on any atom is -0.403 e. The van der Waals surface area contributed by atoms with Crippen LogP contribution in [0.4, 0.5) is 0 Å². The third-order valence-corrected chi connectivity index (χ3v) is 4.31. The number of benzene rings is 2. The Balaban J connectivity index is 1.59. The largest absolute Gasteiger partial charge is 0.403 e. The van der Waals surface area contributed by atoms with E-state index >= 15 is 0 Å². The molecular weight excluding hydrogens is 282 g/mol. The van der Waals surface area contributed by atoms with E-state index in [0.717, 1.165) is 11.3 Å². The van der Waals surface area contributed by atoms with E-state index in [2.05, 4.69) is 22.2 Å². The fourth-order valence-corrected chi connectivity index (χ4v) is 3.16. The monoisotopic (exact) mass is 295 g/mol. The van der Waals surface area contributed by atoms with Gasteiger partial charge in [0.05, 0.1) is 6.04 Å². The van der Waals surface area contributed by atoms with Crippen molar-refractivity contribution in [3.63, 3.8) is 0 Å². The molecule has 0 bridgehead atoms. The van der Waals surface area contributed by atoms with Gasteiger partial charge in [0.15, 0.2) is 0 Å². The second-order valence-corrected chi connectivity index (χ2v) is 5.72. The van der Waals surface area contributed by atoms with Crippen molar-refractivity contribution < 1.29 is 4.74 Å². The summed E-state index contributed by atoms with van der Waals surface area (Å²) in [6.07, 6.45) is 0. The van der Waals surface area contributed by atoms with Crippen LogP contribution in [0.1, 0.15) is 17.2 Å². The average Bonchev–Trinajstić information content (AvgIpc) is 2.99. The lowest BCUT2D eigenvalue weighted by atomic mass is 10.1. The van der Waals surface area contributed by atoms with Gasteiger partial charge in [-0.2, -0.15) is 4.41 Å². The Kier molecular flexibility index (Phi) is 3.12. The molecule has 0 fully saturated rings. The van der Waals surface area contributed by atoms with Crippen LogP contribution in [0.3, 0.4) is 0 Å². The summed E-state index contributed by atoms with van der Waals surface area (Å²) in [5, 5.41) is 4.47. The van der Waals surface area contributed by atoms with Crippen LogP contribution in [0, 0.1) is 0 Å². The molecule has 1 unspecified atom stereocenters. The van der Waals surface area contributed by atoms with Gasteiger partial charge in [-0.25, -0.2) is 4.99 Å². The summed E-state index contributed by atoms with van der Waals surface area (Å²) in [6.45, 7) is 0. The molecule has 0 spiro atoms. The molecule has 21 heavy (non-hydrogen) atoms. The van der Waals surface area contributed by atoms with Crippen LogP contribution in [0.25, 0.3) is 0 Å². The Morgan fingerprint density at radius 2 is 1.71 bits per heavy atom. The molecule has 0 saturated heterocycles. The zero-order chi connectivity index (χ0) is 14.1. The maximum Gasteiger partial charge on any atom is 0.327 e. The third kappa shape index (κ3) is 2.40. The Morgan fingerprint density at radius 3 is 2.48 bits per heavy atom. The van der Waals surface area contributed by atoms with Gasteiger partial charge in [0.2, 0.25) is 5.90 Å². The van der Waals surface area contributed by atoms with Crippen molar-refractivity contribution in [3.8, 4) is 0 Å². The van der Waals surface area contributed by atoms with E-state index in [0.29, 0.717) is 11.9 Å². The van der Waals surface area contributed by atoms with E-state index < -0.39 is 0 Å². The molecule has 2 aromatic rings. The molecular formula is C16H13N3OS. The third-order valence-electron chi connectivity index (χ3n) is 3.36. The molecule has 0 N–H and O–H groups in total. The SMILES string of the molecule is c1ccc(C2=NN3SCC(c4ccccc4)N=C3O2)cc1. The van der Waals surface area contributed by atoms with Crippen molar-refractivity contribution in [1.82, 2.24) is 4.41 Å². The van der Waals surface area contributed by atoms with Crippen LogP contribution >= 0.6 is 11.9 Å². The van der Waals surface area contributed by atoms with Gasteiger partial charge in [-0.15, -0.1) is 5.10 Å². The molecule has 0 saturated carbocycles. The molecule has 2 aliphatic rings. The maximum absolute atomic E-state index is 5.81. The molecule has 2 aliphatic heterocycles. The lowest BCUT2D eigenvalue weighted by Gasteiger charge is -2.22. The Morgan fingerprint density at radius 1 is 1.00 bits per heavy atom. The van der Waals surface area contributed by atoms with Gasteiger partial charge in [-0.1, -0.05) is 48.5 Å². The van der Waals surface area contributed by atoms with Crippen molar-refractivity contribution in [2.45, 2.75) is 6.04 Å². The number of hydrazone groups is 1. The first-order chi connectivity index (χ1) is 10.4. The molecule has 4 nitrogen and oxygen atoms in total. The number of rotatable bonds is 2. The molecule has 0 radical (unpaired) electrons. The zero-order valence-corrected chi connectivity index (χ0v) is 12.0. The van der Waals surface area contributed by atoms with Crippen molar-refractivity contribution in [2.75, 3.05) is 5.75 Å². The van der Waals surface area contributed by atoms with Crippen molar-refractivity contribution >= 4 is 23.9 Å². The predicted molar refractivity (Wildman–Crippen MR) is 85.0 cm³/mol. The molecule has 2 heterocycles. The van der Waals surface area contributed by atoms with E-state index in [-0.39, 0.29) is 6.04 Å². The van der Waals surface area contributed by atoms with Crippen LogP contribution < -0.4 is 0 Å². The molecule has 0 aliphatic carbocycles. The first-order valence-corrected chi connectivity index (χ1v) is 7.72. The average molecular weight is 295 g/mol. The van der Waals surface area contributed by atoms with E-state index in [1.165, 1.54) is 5.56 Å². The Bertz CT molecular complexity index is 700. The van der Waals surface area contributed by atoms with Gasteiger partial charge in [0.25, 0.3) is 0 Å². The minimum atomic E-state index is 0.118. The number of hydrogen-bond donors (Lipinski definition) is 0. The highest BCUT2D eigenvalue weighted by Crippen LogP contribution is 2.33. The number of ether oxygens (including phenoxy) is 1. The molecule has 2 aromatic carbocycles. The lowest BCUT2D eigenvalue weighted by Crippen LogP contribution is -2.23. The second kappa shape index (κ2) is 5.26. The highest BCUT2D eigenvalue weighted by Gasteiger charge is 2.31. The van der Waals surface area contributed by atoms with Gasteiger partial charge in [0, 0.05) is 11.3 Å². The van der Waals surface area contributed by atoms with Crippen LogP contribution in [-0.2, 0) is 4.74 Å². The standard InChI is InChI=1S/C16H13N3OS/c1-3-7-12(8-4-1)14-11-21-19-16(17-14)20-15(18-19)13-9-5-2-6-10-13/h1-10,14H,11H2. The summed E-state index contributed by atoms with van der Waals surface area (Å²) >= 11 is 1.63. The van der Waals surface area contributed by atoms with Gasteiger partial charge in [-0.05, 0) is 29.6 Å². The predicted octanol–water partition coefficient (Wildman–Crippen LogP) is 3.44. The van der Waals surface area contributed by atoms with E-state index in [1.54, 1.807) is 16.4 Å². The summed E-state index contributed by atoms with van der Waals surface area (Å²) in [4.78, 5) is 4.67. The highest BCUT2D eigenvalue weighted by molar-refractivity contribution is 7.97. The minimum absolute atomic E-state index is 0.118. The van der Waals surface area contributed by atoms with Gasteiger partial charge < -0.3 is 4.74 Å². The first-order valence-electron chi connectivity index (χ1n) is 6.78. The second-order valence-electron chi connectivity index (χ2n) is 4.78. The topological polar surface area (TPSA) is 37.2 Å². The number of fused-ring (bicyclic) bond motifs is 1. The summed E-state index contributed by atoms with van der Waals surface area (Å²) in [7, 11) is 0. The number of nitrogens with zero attached hydrogens (tertiary/aromatic N) is 3. The smallest absolute Gasteiger partial charge is 0.327 e. The number of hydrogen-bond acceptors (Lipinski definition) is 5. The first kappa shape index (κ1) is 12.5. The van der Waals surface area contributed by atoms with Crippen LogP contribution in [0.15, 0.2) is 70.8 Å². The van der Waals surface area contributed by atoms with Crippen LogP contribution in [0.2, 0.25) is 0 Å². The molecule has 104 valence electrons. The fraction of sp³-hybridized carbons (Fsp3) is 0.125. The molecule has 5 heteroatoms. The summed E-state index contributed by atoms with van der Waals surface area (Å²) in [5.41, 5.74) is 2.17. The molecule has 0 aromatic heterocycles. The molecule has 1 atom stereocenters. The van der Waals surface area contributed by atoms with Crippen LogP contribution in [-0.4, -0.2) is 22.1 Å². The van der Waals surface area contributed by atoms with Crippen LogP contribution in [0.5, 0.6) is 0 Å². The maximum atomic E-state index is 5.81. The highest BCUT2D eigenvalue weighted by atomic mass is 32.2. The summed E-state index contributed by atoms with van der Waals surface area (Å²) in [5.74, 6) is 1.47. The quantitative estimate of drug-likeness (QED) is 0.796. The molecule has 4 rings (SSSR count). The van der Waals surface area contributed by atoms with Crippen molar-refractivity contribution in [3.05, 3.63) is 71.8 Å². The molecule has 0 amide bonds.